The Morgan fingerprint density at radius 1 is 1.26 bits per heavy atom. The minimum atomic E-state index is -0.456. The Balaban J connectivity index is 1.84. The number of hydrogen-bond acceptors (Lipinski definition) is 4. The van der Waals surface area contributed by atoms with Crippen molar-refractivity contribution in [1.82, 2.24) is 4.57 Å². The maximum atomic E-state index is 14.3. The molecule has 0 aliphatic carbocycles. The minimum absolute atomic E-state index is 0.218. The number of rotatable bonds is 7. The van der Waals surface area contributed by atoms with Gasteiger partial charge in [0.05, 0.1) is 16.8 Å². The minimum Gasteiger partial charge on any atom is -0.484 e. The lowest BCUT2D eigenvalue weighted by atomic mass is 10.3. The summed E-state index contributed by atoms with van der Waals surface area (Å²) >= 11 is 7.07. The number of fused-ring (bicyclic) bond motifs is 1. The van der Waals surface area contributed by atoms with Gasteiger partial charge in [0.1, 0.15) is 11.6 Å². The largest absolute Gasteiger partial charge is 0.484 e. The Hall–Kier alpha value is -2.22. The monoisotopic (exact) mass is 408 g/mol. The Labute approximate surface area is 164 Å². The van der Waals surface area contributed by atoms with Crippen LogP contribution >= 0.6 is 22.9 Å². The van der Waals surface area contributed by atoms with Crippen LogP contribution in [0.5, 0.6) is 5.75 Å². The first kappa shape index (κ1) is 19.5. The number of hydrogen-bond donors (Lipinski definition) is 0. The molecule has 1 amide bonds. The molecule has 2 aromatic carbocycles. The highest BCUT2D eigenvalue weighted by molar-refractivity contribution is 7.16. The Bertz CT molecular complexity index is 998. The van der Waals surface area contributed by atoms with Gasteiger partial charge < -0.3 is 14.0 Å². The van der Waals surface area contributed by atoms with Crippen molar-refractivity contribution in [2.75, 3.05) is 19.8 Å². The van der Waals surface area contributed by atoms with E-state index in [1.807, 2.05) is 6.92 Å². The van der Waals surface area contributed by atoms with E-state index in [2.05, 4.69) is 4.99 Å². The van der Waals surface area contributed by atoms with E-state index in [9.17, 15) is 9.18 Å². The second-order valence-electron chi connectivity index (χ2n) is 5.57. The van der Waals surface area contributed by atoms with Gasteiger partial charge in [0, 0.05) is 18.2 Å². The van der Waals surface area contributed by atoms with Crippen LogP contribution in [0, 0.1) is 5.82 Å². The van der Waals surface area contributed by atoms with Gasteiger partial charge in [-0.15, -0.1) is 0 Å². The van der Waals surface area contributed by atoms with E-state index in [1.54, 1.807) is 41.0 Å². The number of nitrogens with zero attached hydrogens (tertiary/aromatic N) is 2. The SMILES string of the molecule is CCOCCn1c(=NC(=O)COc2ccc(Cl)cc2)sc2cccc(F)c21. The lowest BCUT2D eigenvalue weighted by Crippen LogP contribution is -2.21. The standard InChI is InChI=1S/C19H18ClFN2O3S/c1-2-25-11-10-23-18-15(21)4-3-5-16(18)27-19(23)22-17(24)12-26-14-8-6-13(20)7-9-14/h3-9H,2,10-12H2,1H3. The molecule has 0 unspecified atom stereocenters. The molecule has 5 nitrogen and oxygen atoms in total. The predicted molar refractivity (Wildman–Crippen MR) is 104 cm³/mol. The summed E-state index contributed by atoms with van der Waals surface area (Å²) in [6, 6.07) is 11.5. The zero-order valence-corrected chi connectivity index (χ0v) is 16.2. The molecule has 0 aliphatic rings. The molecule has 1 aromatic heterocycles. The van der Waals surface area contributed by atoms with Crippen molar-refractivity contribution < 1.29 is 18.7 Å². The Morgan fingerprint density at radius 3 is 2.78 bits per heavy atom. The maximum Gasteiger partial charge on any atom is 0.286 e. The smallest absolute Gasteiger partial charge is 0.286 e. The molecule has 0 bridgehead atoms. The molecule has 0 N–H and O–H groups in total. The molecular weight excluding hydrogens is 391 g/mol. The van der Waals surface area contributed by atoms with E-state index in [-0.39, 0.29) is 12.4 Å². The van der Waals surface area contributed by atoms with Crippen LogP contribution in [-0.4, -0.2) is 30.3 Å². The number of halogens is 2. The van der Waals surface area contributed by atoms with Crippen molar-refractivity contribution in [2.45, 2.75) is 13.5 Å². The molecule has 0 radical (unpaired) electrons. The first-order valence-corrected chi connectivity index (χ1v) is 9.59. The summed E-state index contributed by atoms with van der Waals surface area (Å²) in [6.07, 6.45) is 0. The third kappa shape index (κ3) is 4.94. The molecule has 3 rings (SSSR count). The highest BCUT2D eigenvalue weighted by atomic mass is 35.5. The van der Waals surface area contributed by atoms with Crippen molar-refractivity contribution >= 4 is 39.1 Å². The highest BCUT2D eigenvalue weighted by Gasteiger charge is 2.12. The quantitative estimate of drug-likeness (QED) is 0.554. The molecule has 27 heavy (non-hydrogen) atoms. The molecule has 0 saturated carbocycles. The number of benzene rings is 2. The van der Waals surface area contributed by atoms with Crippen molar-refractivity contribution in [2.24, 2.45) is 4.99 Å². The fourth-order valence-electron chi connectivity index (χ4n) is 2.49. The Kier molecular flexibility index (Phi) is 6.60. The number of aromatic nitrogens is 1. The van der Waals surface area contributed by atoms with Crippen LogP contribution in [0.2, 0.25) is 5.02 Å². The topological polar surface area (TPSA) is 52.8 Å². The van der Waals surface area contributed by atoms with Gasteiger partial charge >= 0.3 is 0 Å². The fraction of sp³-hybridized carbons (Fsp3) is 0.263. The molecule has 0 aliphatic heterocycles. The molecule has 0 saturated heterocycles. The van der Waals surface area contributed by atoms with Gasteiger partial charge in [-0.2, -0.15) is 4.99 Å². The van der Waals surface area contributed by atoms with Gasteiger partial charge in [0.2, 0.25) is 0 Å². The number of amides is 1. The summed E-state index contributed by atoms with van der Waals surface area (Å²) in [5.41, 5.74) is 0.423. The summed E-state index contributed by atoms with van der Waals surface area (Å²) in [4.78, 5) is 16.8. The fourth-order valence-corrected chi connectivity index (χ4v) is 3.71. The van der Waals surface area contributed by atoms with E-state index >= 15 is 0 Å². The number of carbonyl (C=O) groups is 1. The summed E-state index contributed by atoms with van der Waals surface area (Å²) in [7, 11) is 0. The molecule has 0 fully saturated rings. The second kappa shape index (κ2) is 9.12. The number of para-hydroxylation sites is 1. The first-order valence-electron chi connectivity index (χ1n) is 8.40. The lowest BCUT2D eigenvalue weighted by molar-refractivity contribution is -0.120. The highest BCUT2D eigenvalue weighted by Crippen LogP contribution is 2.20. The van der Waals surface area contributed by atoms with E-state index in [0.29, 0.717) is 40.8 Å². The van der Waals surface area contributed by atoms with Gasteiger partial charge in [-0.3, -0.25) is 4.79 Å². The third-order valence-corrected chi connectivity index (χ3v) is 5.01. The van der Waals surface area contributed by atoms with Crippen molar-refractivity contribution in [3.8, 4) is 5.75 Å². The molecule has 142 valence electrons. The molecule has 0 spiro atoms. The summed E-state index contributed by atoms with van der Waals surface area (Å²) < 4.78 is 27.5. The summed E-state index contributed by atoms with van der Waals surface area (Å²) in [5.74, 6) is -0.289. The van der Waals surface area contributed by atoms with Gasteiger partial charge in [-0.1, -0.05) is 29.0 Å². The van der Waals surface area contributed by atoms with E-state index < -0.39 is 5.91 Å². The normalized spacial score (nSPS) is 11.9. The average molecular weight is 409 g/mol. The lowest BCUT2D eigenvalue weighted by Gasteiger charge is -2.06. The van der Waals surface area contributed by atoms with Crippen molar-refractivity contribution in [1.29, 1.82) is 0 Å². The van der Waals surface area contributed by atoms with E-state index in [0.717, 1.165) is 4.70 Å². The summed E-state index contributed by atoms with van der Waals surface area (Å²) in [5, 5.41) is 0.584. The van der Waals surface area contributed by atoms with Crippen LogP contribution in [0.15, 0.2) is 47.5 Å². The number of carbonyl (C=O) groups excluding carboxylic acids is 1. The van der Waals surface area contributed by atoms with E-state index in [1.165, 1.54) is 17.4 Å². The Morgan fingerprint density at radius 2 is 2.04 bits per heavy atom. The van der Waals surface area contributed by atoms with Gasteiger partial charge in [0.15, 0.2) is 11.4 Å². The van der Waals surface area contributed by atoms with Crippen LogP contribution in [0.3, 0.4) is 0 Å². The molecular formula is C19H18ClFN2O3S. The van der Waals surface area contributed by atoms with Crippen molar-refractivity contribution in [3.63, 3.8) is 0 Å². The van der Waals surface area contributed by atoms with Crippen LogP contribution in [0.25, 0.3) is 10.2 Å². The number of ether oxygens (including phenoxy) is 2. The average Bonchev–Trinajstić information content (AvgIpc) is 3.00. The van der Waals surface area contributed by atoms with Crippen LogP contribution in [-0.2, 0) is 16.1 Å². The molecule has 8 heteroatoms. The van der Waals surface area contributed by atoms with Crippen LogP contribution in [0.1, 0.15) is 6.92 Å². The zero-order chi connectivity index (χ0) is 19.2. The van der Waals surface area contributed by atoms with Gasteiger partial charge in [0.25, 0.3) is 5.91 Å². The van der Waals surface area contributed by atoms with Crippen LogP contribution < -0.4 is 9.54 Å². The maximum absolute atomic E-state index is 14.3. The van der Waals surface area contributed by atoms with Gasteiger partial charge in [-0.05, 0) is 43.3 Å². The molecule has 1 heterocycles. The zero-order valence-electron chi connectivity index (χ0n) is 14.7. The second-order valence-corrected chi connectivity index (χ2v) is 7.01. The van der Waals surface area contributed by atoms with Gasteiger partial charge in [-0.25, -0.2) is 4.39 Å². The molecule has 0 atom stereocenters. The van der Waals surface area contributed by atoms with Crippen LogP contribution in [0.4, 0.5) is 4.39 Å². The predicted octanol–water partition coefficient (Wildman–Crippen LogP) is 4.04. The van der Waals surface area contributed by atoms with E-state index in [4.69, 9.17) is 21.1 Å². The summed E-state index contributed by atoms with van der Waals surface area (Å²) in [6.45, 7) is 3.04. The van der Waals surface area contributed by atoms with Crippen molar-refractivity contribution in [3.05, 3.63) is 58.1 Å². The first-order chi connectivity index (χ1) is 13.1. The molecule has 3 aromatic rings. The third-order valence-electron chi connectivity index (χ3n) is 3.71. The number of thiazole rings is 1.